The zero-order valence-electron chi connectivity index (χ0n) is 11.0. The fraction of sp³-hybridized carbons (Fsp3) is 1.00. The highest BCUT2D eigenvalue weighted by molar-refractivity contribution is 4.72. The van der Waals surface area contributed by atoms with Gasteiger partial charge < -0.3 is 0 Å². The molecule has 0 aromatic rings. The van der Waals surface area contributed by atoms with Crippen LogP contribution in [-0.2, 0) is 9.78 Å². The molecule has 1 saturated heterocycles. The Labute approximate surface area is 101 Å². The van der Waals surface area contributed by atoms with Crippen LogP contribution in [0.4, 0.5) is 0 Å². The Morgan fingerprint density at radius 2 is 1.75 bits per heavy atom. The van der Waals surface area contributed by atoms with E-state index in [0.29, 0.717) is 6.10 Å². The summed E-state index contributed by atoms with van der Waals surface area (Å²) in [7, 11) is 0. The van der Waals surface area contributed by atoms with Crippen molar-refractivity contribution in [1.29, 1.82) is 0 Å². The van der Waals surface area contributed by atoms with Crippen molar-refractivity contribution in [3.05, 3.63) is 0 Å². The monoisotopic (exact) mass is 228 g/mol. The molecule has 0 aromatic heterocycles. The first-order chi connectivity index (χ1) is 7.88. The van der Waals surface area contributed by atoms with E-state index in [-0.39, 0.29) is 0 Å². The first-order valence-electron chi connectivity index (χ1n) is 7.16. The maximum Gasteiger partial charge on any atom is 0.0981 e. The molecule has 1 rings (SSSR count). The molecule has 0 spiro atoms. The fourth-order valence-electron chi connectivity index (χ4n) is 2.48. The SMILES string of the molecule is CCCCCCC(CCCC)C1CCOO1. The lowest BCUT2D eigenvalue weighted by molar-refractivity contribution is -0.283. The lowest BCUT2D eigenvalue weighted by atomic mass is 9.89. The third kappa shape index (κ3) is 5.31. The third-order valence-electron chi connectivity index (χ3n) is 3.56. The van der Waals surface area contributed by atoms with Crippen molar-refractivity contribution in [2.75, 3.05) is 6.61 Å². The number of hydrogen-bond donors (Lipinski definition) is 0. The van der Waals surface area contributed by atoms with Gasteiger partial charge in [-0.2, -0.15) is 0 Å². The van der Waals surface area contributed by atoms with E-state index in [0.717, 1.165) is 18.9 Å². The molecular weight excluding hydrogens is 200 g/mol. The molecule has 96 valence electrons. The molecule has 2 nitrogen and oxygen atoms in total. The Kier molecular flexibility index (Phi) is 7.87. The number of unbranched alkanes of at least 4 members (excludes halogenated alkanes) is 4. The zero-order valence-corrected chi connectivity index (χ0v) is 11.0. The van der Waals surface area contributed by atoms with Crippen LogP contribution in [0.1, 0.15) is 71.6 Å². The van der Waals surface area contributed by atoms with Gasteiger partial charge >= 0.3 is 0 Å². The summed E-state index contributed by atoms with van der Waals surface area (Å²) in [5.41, 5.74) is 0. The molecule has 1 fully saturated rings. The molecule has 1 heterocycles. The first-order valence-corrected chi connectivity index (χ1v) is 7.16. The maximum atomic E-state index is 5.37. The summed E-state index contributed by atoms with van der Waals surface area (Å²) < 4.78 is 0. The van der Waals surface area contributed by atoms with Crippen molar-refractivity contribution < 1.29 is 9.78 Å². The van der Waals surface area contributed by atoms with Gasteiger partial charge in [0.1, 0.15) is 0 Å². The van der Waals surface area contributed by atoms with Gasteiger partial charge in [-0.05, 0) is 18.8 Å². The van der Waals surface area contributed by atoms with E-state index in [4.69, 9.17) is 9.78 Å². The molecule has 0 saturated carbocycles. The highest BCUT2D eigenvalue weighted by atomic mass is 17.2. The molecule has 0 aromatic carbocycles. The molecule has 0 amide bonds. The van der Waals surface area contributed by atoms with Crippen LogP contribution in [0.2, 0.25) is 0 Å². The van der Waals surface area contributed by atoms with Crippen LogP contribution < -0.4 is 0 Å². The second-order valence-electron chi connectivity index (χ2n) is 5.00. The Hall–Kier alpha value is -0.0800. The molecule has 0 aliphatic carbocycles. The largest absolute Gasteiger partial charge is 0.236 e. The molecule has 0 bridgehead atoms. The topological polar surface area (TPSA) is 18.5 Å². The van der Waals surface area contributed by atoms with Crippen LogP contribution in [0.15, 0.2) is 0 Å². The molecular formula is C14H28O2. The van der Waals surface area contributed by atoms with E-state index in [1.54, 1.807) is 0 Å². The van der Waals surface area contributed by atoms with Crippen LogP contribution >= 0.6 is 0 Å². The minimum Gasteiger partial charge on any atom is -0.236 e. The zero-order chi connectivity index (χ0) is 11.6. The molecule has 0 N–H and O–H groups in total. The van der Waals surface area contributed by atoms with E-state index in [1.807, 2.05) is 0 Å². The quantitative estimate of drug-likeness (QED) is 0.428. The van der Waals surface area contributed by atoms with Crippen LogP contribution in [0.25, 0.3) is 0 Å². The Bertz CT molecular complexity index is 153. The van der Waals surface area contributed by atoms with Gasteiger partial charge in [-0.25, -0.2) is 9.78 Å². The van der Waals surface area contributed by atoms with Crippen molar-refractivity contribution >= 4 is 0 Å². The molecule has 1 aliphatic heterocycles. The predicted octanol–water partition coefficient (Wildman–Crippen LogP) is 4.48. The van der Waals surface area contributed by atoms with Gasteiger partial charge in [0.15, 0.2) is 0 Å². The van der Waals surface area contributed by atoms with E-state index >= 15 is 0 Å². The standard InChI is InChI=1S/C14H28O2/c1-3-5-7-8-10-13(9-6-4-2)14-11-12-15-16-14/h13-14H,3-12H2,1-2H3. The molecule has 2 heteroatoms. The van der Waals surface area contributed by atoms with Crippen LogP contribution in [0.5, 0.6) is 0 Å². The number of rotatable bonds is 9. The van der Waals surface area contributed by atoms with E-state index in [1.165, 1.54) is 51.4 Å². The maximum absolute atomic E-state index is 5.37. The Morgan fingerprint density at radius 3 is 2.38 bits per heavy atom. The van der Waals surface area contributed by atoms with E-state index in [2.05, 4.69) is 13.8 Å². The Balaban J connectivity index is 2.19. The smallest absolute Gasteiger partial charge is 0.0981 e. The molecule has 2 atom stereocenters. The molecule has 16 heavy (non-hydrogen) atoms. The van der Waals surface area contributed by atoms with E-state index in [9.17, 15) is 0 Å². The van der Waals surface area contributed by atoms with Gasteiger partial charge in [0, 0.05) is 6.42 Å². The summed E-state index contributed by atoms with van der Waals surface area (Å²) in [6.07, 6.45) is 12.2. The van der Waals surface area contributed by atoms with Crippen molar-refractivity contribution in [3.63, 3.8) is 0 Å². The third-order valence-corrected chi connectivity index (χ3v) is 3.56. The first kappa shape index (κ1) is 14.0. The average Bonchev–Trinajstić information content (AvgIpc) is 2.82. The van der Waals surface area contributed by atoms with Gasteiger partial charge in [0.25, 0.3) is 0 Å². The lowest BCUT2D eigenvalue weighted by Gasteiger charge is -2.20. The second kappa shape index (κ2) is 9.00. The van der Waals surface area contributed by atoms with Crippen molar-refractivity contribution in [3.8, 4) is 0 Å². The van der Waals surface area contributed by atoms with Crippen LogP contribution in [-0.4, -0.2) is 12.7 Å². The number of hydrogen-bond acceptors (Lipinski definition) is 2. The summed E-state index contributed by atoms with van der Waals surface area (Å²) in [6, 6.07) is 0. The molecule has 2 unspecified atom stereocenters. The van der Waals surface area contributed by atoms with Gasteiger partial charge in [-0.15, -0.1) is 0 Å². The van der Waals surface area contributed by atoms with Gasteiger partial charge in [0.05, 0.1) is 12.7 Å². The van der Waals surface area contributed by atoms with Crippen LogP contribution in [0.3, 0.4) is 0 Å². The molecule has 1 aliphatic rings. The Morgan fingerprint density at radius 1 is 1.00 bits per heavy atom. The highest BCUT2D eigenvalue weighted by Gasteiger charge is 2.26. The summed E-state index contributed by atoms with van der Waals surface area (Å²) in [4.78, 5) is 10.4. The van der Waals surface area contributed by atoms with Gasteiger partial charge in [0.2, 0.25) is 0 Å². The lowest BCUT2D eigenvalue weighted by Crippen LogP contribution is -2.19. The highest BCUT2D eigenvalue weighted by Crippen LogP contribution is 2.27. The van der Waals surface area contributed by atoms with E-state index < -0.39 is 0 Å². The predicted molar refractivity (Wildman–Crippen MR) is 67.2 cm³/mol. The molecule has 0 radical (unpaired) electrons. The van der Waals surface area contributed by atoms with Crippen LogP contribution in [0, 0.1) is 5.92 Å². The average molecular weight is 228 g/mol. The van der Waals surface area contributed by atoms with Crippen molar-refractivity contribution in [2.24, 2.45) is 5.92 Å². The van der Waals surface area contributed by atoms with Crippen molar-refractivity contribution in [1.82, 2.24) is 0 Å². The fourth-order valence-corrected chi connectivity index (χ4v) is 2.48. The summed E-state index contributed by atoms with van der Waals surface area (Å²) >= 11 is 0. The summed E-state index contributed by atoms with van der Waals surface area (Å²) in [5.74, 6) is 0.735. The normalized spacial score (nSPS) is 22.5. The minimum atomic E-state index is 0.383. The van der Waals surface area contributed by atoms with Gasteiger partial charge in [-0.1, -0.05) is 52.4 Å². The van der Waals surface area contributed by atoms with Gasteiger partial charge in [-0.3, -0.25) is 0 Å². The second-order valence-corrected chi connectivity index (χ2v) is 5.00. The van der Waals surface area contributed by atoms with Crippen molar-refractivity contribution in [2.45, 2.75) is 77.7 Å². The summed E-state index contributed by atoms with van der Waals surface area (Å²) in [5, 5.41) is 0. The minimum absolute atomic E-state index is 0.383. The summed E-state index contributed by atoms with van der Waals surface area (Å²) in [6.45, 7) is 5.32.